The number of nitrogens with one attached hydrogen (secondary N) is 2. The molecule has 198 valence electrons. The van der Waals surface area contributed by atoms with Crippen molar-refractivity contribution in [3.63, 3.8) is 0 Å². The Morgan fingerprint density at radius 3 is 2.50 bits per heavy atom. The zero-order chi connectivity index (χ0) is 26.9. The first kappa shape index (κ1) is 25.4. The number of rotatable bonds is 9. The number of carbonyl (C=O) groups excluding carboxylic acids is 1. The Bertz CT molecular complexity index is 1430. The topological polar surface area (TPSA) is 131 Å². The molecule has 38 heavy (non-hydrogen) atoms. The van der Waals surface area contributed by atoms with E-state index in [-0.39, 0.29) is 37.4 Å². The van der Waals surface area contributed by atoms with E-state index in [4.69, 9.17) is 9.63 Å². The minimum absolute atomic E-state index is 0.00948. The Morgan fingerprint density at radius 1 is 1.16 bits per heavy atom. The lowest BCUT2D eigenvalue weighted by Gasteiger charge is -2.14. The number of hydrogen-bond acceptors (Lipinski definition) is 8. The first-order valence-corrected chi connectivity index (χ1v) is 11.8. The monoisotopic (exact) mass is 527 g/mol. The number of aromatic nitrogens is 5. The van der Waals surface area contributed by atoms with Crippen LogP contribution in [0.2, 0.25) is 0 Å². The average molecular weight is 528 g/mol. The molecule has 1 aliphatic carbocycles. The van der Waals surface area contributed by atoms with Crippen LogP contribution in [0.5, 0.6) is 0 Å². The lowest BCUT2D eigenvalue weighted by Crippen LogP contribution is -2.28. The Morgan fingerprint density at radius 2 is 1.87 bits per heavy atom. The predicted octanol–water partition coefficient (Wildman–Crippen LogP) is 4.15. The fraction of sp³-hybridized carbons (Fsp3) is 0.320. The summed E-state index contributed by atoms with van der Waals surface area (Å²) in [6, 6.07) is 8.34. The molecule has 5 rings (SSSR count). The molecule has 0 radical (unpaired) electrons. The number of carbonyl (C=O) groups is 1. The van der Waals surface area contributed by atoms with E-state index in [2.05, 4.69) is 30.9 Å². The summed E-state index contributed by atoms with van der Waals surface area (Å²) in [5, 5.41) is 22.5. The number of amides is 1. The van der Waals surface area contributed by atoms with Gasteiger partial charge in [-0.05, 0) is 30.9 Å². The molecule has 4 aromatic rings. The summed E-state index contributed by atoms with van der Waals surface area (Å²) in [6.45, 7) is 2.22. The van der Waals surface area contributed by atoms with E-state index in [1.165, 1.54) is 0 Å². The summed E-state index contributed by atoms with van der Waals surface area (Å²) < 4.78 is 46.3. The van der Waals surface area contributed by atoms with Gasteiger partial charge in [-0.2, -0.15) is 18.3 Å². The van der Waals surface area contributed by atoms with Gasteiger partial charge in [-0.25, -0.2) is 9.97 Å². The number of alkyl halides is 3. The molecule has 0 saturated heterocycles. The van der Waals surface area contributed by atoms with Crippen LogP contribution < -0.4 is 10.6 Å². The van der Waals surface area contributed by atoms with E-state index >= 15 is 0 Å². The van der Waals surface area contributed by atoms with Crippen molar-refractivity contribution < 1.29 is 27.6 Å². The summed E-state index contributed by atoms with van der Waals surface area (Å²) in [7, 11) is 0. The molecule has 3 N–H and O–H groups in total. The van der Waals surface area contributed by atoms with Crippen molar-refractivity contribution in [1.82, 2.24) is 24.9 Å². The number of aliphatic hydroxyl groups excluding tert-OH is 1. The lowest BCUT2D eigenvalue weighted by atomic mass is 10.0. The molecular weight excluding hydrogens is 503 g/mol. The largest absolute Gasteiger partial charge is 0.401 e. The molecule has 1 aromatic carbocycles. The first-order valence-electron chi connectivity index (χ1n) is 11.8. The number of halogens is 3. The third kappa shape index (κ3) is 5.23. The van der Waals surface area contributed by atoms with Gasteiger partial charge in [-0.15, -0.1) is 0 Å². The summed E-state index contributed by atoms with van der Waals surface area (Å²) in [5.74, 6) is -0.350. The lowest BCUT2D eigenvalue weighted by molar-refractivity contribution is -0.165. The molecule has 1 fully saturated rings. The van der Waals surface area contributed by atoms with Crippen molar-refractivity contribution in [1.29, 1.82) is 0 Å². The van der Waals surface area contributed by atoms with Gasteiger partial charge < -0.3 is 20.3 Å². The molecule has 1 aliphatic rings. The van der Waals surface area contributed by atoms with Crippen molar-refractivity contribution in [3.05, 3.63) is 65.9 Å². The third-order valence-electron chi connectivity index (χ3n) is 6.37. The van der Waals surface area contributed by atoms with Crippen LogP contribution in [0.4, 0.5) is 30.6 Å². The van der Waals surface area contributed by atoms with Crippen molar-refractivity contribution in [2.75, 3.05) is 17.2 Å². The quantitative estimate of drug-likeness (QED) is 0.296. The SMILES string of the molecule is Cc1nn(CCO)cc1Nc1ncc(-c2ccc(CC(=O)Nc3cc(C4(C(F)(F)F)CC4)on3)cc2)cn1. The molecule has 0 aliphatic heterocycles. The normalized spacial score (nSPS) is 14.3. The molecule has 10 nitrogen and oxygen atoms in total. The summed E-state index contributed by atoms with van der Waals surface area (Å²) in [4.78, 5) is 21.1. The predicted molar refractivity (Wildman–Crippen MR) is 131 cm³/mol. The number of benzene rings is 1. The summed E-state index contributed by atoms with van der Waals surface area (Å²) in [6.07, 6.45) is 0.599. The maximum Gasteiger partial charge on any atom is 0.401 e. The van der Waals surface area contributed by atoms with Gasteiger partial charge in [-0.3, -0.25) is 9.48 Å². The van der Waals surface area contributed by atoms with E-state index in [1.807, 2.05) is 19.1 Å². The molecule has 0 atom stereocenters. The Balaban J connectivity index is 1.17. The van der Waals surface area contributed by atoms with Gasteiger partial charge in [0, 0.05) is 30.2 Å². The third-order valence-corrected chi connectivity index (χ3v) is 6.37. The van der Waals surface area contributed by atoms with E-state index in [0.29, 0.717) is 18.1 Å². The van der Waals surface area contributed by atoms with E-state index in [0.717, 1.165) is 28.6 Å². The highest BCUT2D eigenvalue weighted by molar-refractivity contribution is 5.91. The van der Waals surface area contributed by atoms with Gasteiger partial charge in [0.05, 0.1) is 31.0 Å². The van der Waals surface area contributed by atoms with Crippen molar-refractivity contribution in [2.45, 2.75) is 44.3 Å². The van der Waals surface area contributed by atoms with Crippen LogP contribution in [0.3, 0.4) is 0 Å². The average Bonchev–Trinajstić information content (AvgIpc) is 3.47. The van der Waals surface area contributed by atoms with Gasteiger partial charge in [0.2, 0.25) is 11.9 Å². The highest BCUT2D eigenvalue weighted by Crippen LogP contribution is 2.59. The van der Waals surface area contributed by atoms with Crippen LogP contribution in [-0.2, 0) is 23.2 Å². The summed E-state index contributed by atoms with van der Waals surface area (Å²) >= 11 is 0. The highest BCUT2D eigenvalue weighted by Gasteiger charge is 2.66. The van der Waals surface area contributed by atoms with Crippen LogP contribution in [0.15, 0.2) is 53.4 Å². The second-order valence-corrected chi connectivity index (χ2v) is 9.11. The number of aryl methyl sites for hydroxylation is 1. The fourth-order valence-corrected chi connectivity index (χ4v) is 4.06. The smallest absolute Gasteiger partial charge is 0.394 e. The second kappa shape index (κ2) is 9.89. The standard InChI is InChI=1S/C25H24F3N7O3/c1-15-19(14-35(33-15)8-9-36)31-23-29-12-18(13-30-23)17-4-2-16(3-5-17)10-22(37)32-21-11-20(38-34-21)24(6-7-24)25(26,27)28/h2-5,11-14,36H,6-10H2,1H3,(H,29,30,31)(H,32,34,37). The maximum atomic E-state index is 13.2. The minimum Gasteiger partial charge on any atom is -0.394 e. The van der Waals surface area contributed by atoms with Crippen LogP contribution in [0.25, 0.3) is 11.1 Å². The second-order valence-electron chi connectivity index (χ2n) is 9.11. The van der Waals surface area contributed by atoms with Gasteiger partial charge in [0.25, 0.3) is 0 Å². The van der Waals surface area contributed by atoms with E-state index in [1.54, 1.807) is 35.4 Å². The van der Waals surface area contributed by atoms with Gasteiger partial charge in [0.15, 0.2) is 11.6 Å². The van der Waals surface area contributed by atoms with E-state index in [9.17, 15) is 18.0 Å². The molecule has 13 heteroatoms. The molecule has 0 spiro atoms. The molecule has 0 unspecified atom stereocenters. The molecule has 1 saturated carbocycles. The van der Waals surface area contributed by atoms with Crippen molar-refractivity contribution >= 4 is 23.4 Å². The summed E-state index contributed by atoms with van der Waals surface area (Å²) in [5.41, 5.74) is 1.83. The number of aliphatic hydroxyl groups is 1. The molecule has 3 heterocycles. The number of anilines is 3. The number of nitrogens with zero attached hydrogens (tertiary/aromatic N) is 5. The van der Waals surface area contributed by atoms with E-state index < -0.39 is 17.5 Å². The molecule has 1 amide bonds. The highest BCUT2D eigenvalue weighted by atomic mass is 19.4. The zero-order valence-electron chi connectivity index (χ0n) is 20.3. The van der Waals surface area contributed by atoms with Crippen LogP contribution >= 0.6 is 0 Å². The minimum atomic E-state index is -4.42. The molecular formula is C25H24F3N7O3. The molecule has 0 bridgehead atoms. The van der Waals surface area contributed by atoms with Gasteiger partial charge in [-0.1, -0.05) is 29.4 Å². The maximum absolute atomic E-state index is 13.2. The van der Waals surface area contributed by atoms with Crippen LogP contribution in [-0.4, -0.2) is 48.7 Å². The Hall–Kier alpha value is -4.26. The molecule has 3 aromatic heterocycles. The Labute approximate surface area is 214 Å². The fourth-order valence-electron chi connectivity index (χ4n) is 4.06. The number of hydrogen-bond donors (Lipinski definition) is 3. The van der Waals surface area contributed by atoms with Crippen molar-refractivity contribution in [3.8, 4) is 11.1 Å². The first-order chi connectivity index (χ1) is 18.2. The zero-order valence-corrected chi connectivity index (χ0v) is 20.3. The van der Waals surface area contributed by atoms with Crippen molar-refractivity contribution in [2.24, 2.45) is 0 Å². The van der Waals surface area contributed by atoms with Gasteiger partial charge >= 0.3 is 6.18 Å². The van der Waals surface area contributed by atoms with Crippen LogP contribution in [0.1, 0.15) is 29.9 Å². The van der Waals surface area contributed by atoms with Crippen LogP contribution in [0, 0.1) is 6.92 Å². The van der Waals surface area contributed by atoms with Gasteiger partial charge in [0.1, 0.15) is 5.41 Å². The Kier molecular flexibility index (Phi) is 6.61.